The van der Waals surface area contributed by atoms with Crippen LogP contribution in [-0.4, -0.2) is 12.8 Å². The Hall–Kier alpha value is -1.31. The number of rotatable bonds is 5. The summed E-state index contributed by atoms with van der Waals surface area (Å²) in [6.07, 6.45) is 1.79. The predicted octanol–water partition coefficient (Wildman–Crippen LogP) is 3.52. The molecule has 0 amide bonds. The van der Waals surface area contributed by atoms with Gasteiger partial charge in [0.15, 0.2) is 5.78 Å². The molecule has 2 heteroatoms. The van der Waals surface area contributed by atoms with Crippen LogP contribution in [0.25, 0.3) is 0 Å². The summed E-state index contributed by atoms with van der Waals surface area (Å²) in [5.74, 6) is 0.382. The highest BCUT2D eigenvalue weighted by molar-refractivity contribution is 5.99. The Kier molecular flexibility index (Phi) is 4.53. The molecule has 1 rings (SSSR count). The number of ketones is 1. The summed E-state index contributed by atoms with van der Waals surface area (Å²) in [5.41, 5.74) is 3.09. The number of Topliss-reactive ketones (excluding diaryl/α,β-unsaturated/α-hetero) is 1. The van der Waals surface area contributed by atoms with E-state index >= 15 is 0 Å². The summed E-state index contributed by atoms with van der Waals surface area (Å²) < 4.78 is 0. The maximum Gasteiger partial charge on any atom is 0.165 e. The lowest BCUT2D eigenvalue weighted by atomic mass is 9.92. The Morgan fingerprint density at radius 1 is 1.38 bits per heavy atom. The molecule has 1 aromatic rings. The molecule has 0 saturated heterocycles. The molecule has 0 fully saturated rings. The van der Waals surface area contributed by atoms with E-state index in [9.17, 15) is 4.79 Å². The first-order valence-electron chi connectivity index (χ1n) is 5.98. The van der Waals surface area contributed by atoms with Gasteiger partial charge in [-0.2, -0.15) is 0 Å². The van der Waals surface area contributed by atoms with Gasteiger partial charge in [0.05, 0.1) is 0 Å². The second-order valence-corrected chi connectivity index (χ2v) is 4.15. The Morgan fingerprint density at radius 3 is 2.56 bits per heavy atom. The molecule has 88 valence electrons. The van der Waals surface area contributed by atoms with Crippen molar-refractivity contribution in [1.29, 1.82) is 0 Å². The first-order valence-corrected chi connectivity index (χ1v) is 5.98. The highest BCUT2D eigenvalue weighted by Gasteiger charge is 2.16. The molecule has 1 unspecified atom stereocenters. The van der Waals surface area contributed by atoms with Crippen molar-refractivity contribution in [3.05, 3.63) is 29.3 Å². The van der Waals surface area contributed by atoms with E-state index in [-0.39, 0.29) is 11.7 Å². The van der Waals surface area contributed by atoms with Gasteiger partial charge < -0.3 is 5.32 Å². The minimum absolute atomic E-state index is 0.116. The van der Waals surface area contributed by atoms with Crippen molar-refractivity contribution >= 4 is 11.5 Å². The third-order valence-electron chi connectivity index (χ3n) is 3.10. The van der Waals surface area contributed by atoms with Gasteiger partial charge in [0.2, 0.25) is 0 Å². The van der Waals surface area contributed by atoms with E-state index in [2.05, 4.69) is 25.2 Å². The van der Waals surface area contributed by atoms with Crippen LogP contribution in [0.4, 0.5) is 5.69 Å². The molecule has 0 aliphatic heterocycles. The molecule has 1 atom stereocenters. The molecular formula is C14H21NO. The normalized spacial score (nSPS) is 12.2. The number of anilines is 1. The van der Waals surface area contributed by atoms with E-state index in [4.69, 9.17) is 0 Å². The largest absolute Gasteiger partial charge is 0.388 e. The summed E-state index contributed by atoms with van der Waals surface area (Å²) in [4.78, 5) is 12.1. The number of hydrogen-bond donors (Lipinski definition) is 1. The molecule has 0 bridgehead atoms. The van der Waals surface area contributed by atoms with Crippen molar-refractivity contribution in [2.75, 3.05) is 12.4 Å². The van der Waals surface area contributed by atoms with Crippen molar-refractivity contribution in [2.45, 2.75) is 33.6 Å². The molecular weight excluding hydrogens is 198 g/mol. The zero-order valence-electron chi connectivity index (χ0n) is 10.6. The Bertz CT molecular complexity index is 371. The van der Waals surface area contributed by atoms with E-state index in [0.717, 1.165) is 29.7 Å². The number of nitrogens with one attached hydrogen (secondary N) is 1. The monoisotopic (exact) mass is 219 g/mol. The maximum absolute atomic E-state index is 12.1. The van der Waals surface area contributed by atoms with E-state index in [0.29, 0.717) is 0 Å². The third kappa shape index (κ3) is 2.63. The van der Waals surface area contributed by atoms with Crippen LogP contribution in [-0.2, 0) is 6.42 Å². The van der Waals surface area contributed by atoms with Gasteiger partial charge in [-0.15, -0.1) is 0 Å². The van der Waals surface area contributed by atoms with Crippen LogP contribution in [0.1, 0.15) is 43.1 Å². The minimum atomic E-state index is 0.116. The zero-order valence-corrected chi connectivity index (χ0v) is 10.6. The lowest BCUT2D eigenvalue weighted by molar-refractivity contribution is 0.0926. The lowest BCUT2D eigenvalue weighted by Gasteiger charge is -2.12. The van der Waals surface area contributed by atoms with Crippen LogP contribution in [0.2, 0.25) is 0 Å². The summed E-state index contributed by atoms with van der Waals surface area (Å²) in [7, 11) is 1.89. The number of benzene rings is 1. The molecule has 0 spiro atoms. The predicted molar refractivity (Wildman–Crippen MR) is 69.2 cm³/mol. The third-order valence-corrected chi connectivity index (χ3v) is 3.10. The summed E-state index contributed by atoms with van der Waals surface area (Å²) >= 11 is 0. The highest BCUT2D eigenvalue weighted by atomic mass is 16.1. The SMILES string of the molecule is CCc1cc(NC)ccc1C(=O)C(C)CC. The summed E-state index contributed by atoms with van der Waals surface area (Å²) in [5, 5.41) is 3.10. The van der Waals surface area contributed by atoms with E-state index in [1.807, 2.05) is 26.1 Å². The number of carbonyl (C=O) groups is 1. The highest BCUT2D eigenvalue weighted by Crippen LogP contribution is 2.20. The molecule has 1 N–H and O–H groups in total. The Labute approximate surface area is 98.1 Å². The van der Waals surface area contributed by atoms with Gasteiger partial charge in [-0.1, -0.05) is 20.8 Å². The fourth-order valence-corrected chi connectivity index (χ4v) is 1.73. The molecule has 0 radical (unpaired) electrons. The number of aryl methyl sites for hydroxylation is 1. The molecule has 0 aliphatic carbocycles. The van der Waals surface area contributed by atoms with Gasteiger partial charge in [0, 0.05) is 24.2 Å². The van der Waals surface area contributed by atoms with Gasteiger partial charge in [0.25, 0.3) is 0 Å². The van der Waals surface area contributed by atoms with Gasteiger partial charge in [-0.05, 0) is 36.6 Å². The molecule has 0 aliphatic rings. The van der Waals surface area contributed by atoms with E-state index in [1.54, 1.807) is 0 Å². The number of hydrogen-bond acceptors (Lipinski definition) is 2. The van der Waals surface area contributed by atoms with Crippen LogP contribution in [0.5, 0.6) is 0 Å². The number of carbonyl (C=O) groups excluding carboxylic acids is 1. The van der Waals surface area contributed by atoms with Crippen LogP contribution < -0.4 is 5.32 Å². The molecule has 0 saturated carbocycles. The van der Waals surface area contributed by atoms with Gasteiger partial charge >= 0.3 is 0 Å². The average Bonchev–Trinajstić information content (AvgIpc) is 2.35. The van der Waals surface area contributed by atoms with Gasteiger partial charge in [-0.3, -0.25) is 4.79 Å². The second-order valence-electron chi connectivity index (χ2n) is 4.15. The molecule has 1 aromatic carbocycles. The average molecular weight is 219 g/mol. The fraction of sp³-hybridized carbons (Fsp3) is 0.500. The standard InChI is InChI=1S/C14H21NO/c1-5-10(3)14(16)13-8-7-12(15-4)9-11(13)6-2/h7-10,15H,5-6H2,1-4H3. The van der Waals surface area contributed by atoms with Crippen LogP contribution in [0, 0.1) is 5.92 Å². The second kappa shape index (κ2) is 5.69. The minimum Gasteiger partial charge on any atom is -0.388 e. The topological polar surface area (TPSA) is 29.1 Å². The van der Waals surface area contributed by atoms with Crippen LogP contribution >= 0.6 is 0 Å². The van der Waals surface area contributed by atoms with Crippen molar-refractivity contribution in [2.24, 2.45) is 5.92 Å². The Morgan fingerprint density at radius 2 is 2.06 bits per heavy atom. The smallest absolute Gasteiger partial charge is 0.165 e. The van der Waals surface area contributed by atoms with E-state index in [1.165, 1.54) is 0 Å². The first kappa shape index (κ1) is 12.8. The molecule has 0 aromatic heterocycles. The van der Waals surface area contributed by atoms with Crippen molar-refractivity contribution in [1.82, 2.24) is 0 Å². The maximum atomic E-state index is 12.1. The van der Waals surface area contributed by atoms with Gasteiger partial charge in [0.1, 0.15) is 0 Å². The summed E-state index contributed by atoms with van der Waals surface area (Å²) in [6, 6.07) is 5.98. The fourth-order valence-electron chi connectivity index (χ4n) is 1.73. The van der Waals surface area contributed by atoms with Crippen LogP contribution in [0.3, 0.4) is 0 Å². The van der Waals surface area contributed by atoms with Crippen molar-refractivity contribution < 1.29 is 4.79 Å². The van der Waals surface area contributed by atoms with Crippen LogP contribution in [0.15, 0.2) is 18.2 Å². The van der Waals surface area contributed by atoms with Gasteiger partial charge in [-0.25, -0.2) is 0 Å². The lowest BCUT2D eigenvalue weighted by Crippen LogP contribution is -2.12. The summed E-state index contributed by atoms with van der Waals surface area (Å²) in [6.45, 7) is 6.13. The van der Waals surface area contributed by atoms with Crippen molar-refractivity contribution in [3.8, 4) is 0 Å². The zero-order chi connectivity index (χ0) is 12.1. The molecule has 16 heavy (non-hydrogen) atoms. The van der Waals surface area contributed by atoms with Crippen molar-refractivity contribution in [3.63, 3.8) is 0 Å². The Balaban J connectivity index is 3.08. The quantitative estimate of drug-likeness (QED) is 0.768. The molecule has 0 heterocycles. The first-order chi connectivity index (χ1) is 7.63. The molecule has 2 nitrogen and oxygen atoms in total. The van der Waals surface area contributed by atoms with E-state index < -0.39 is 0 Å².